The summed E-state index contributed by atoms with van der Waals surface area (Å²) in [5, 5.41) is 4.51. The van der Waals surface area contributed by atoms with Crippen LogP contribution in [0.25, 0.3) is 10.9 Å². The standard InChI is InChI=1S/C19H28N4O2S.HI/c1-4-20-18(23-11-12-26(24,25)19(2,3)14-23)21-10-9-16-13-15-7-5-6-8-17(15)22-16;/h5-8,13,22H,4,9-12,14H2,1-3H3,(H,20,21);1H. The van der Waals surface area contributed by atoms with Crippen molar-refractivity contribution in [2.45, 2.75) is 31.9 Å². The number of H-pyrrole nitrogens is 1. The molecule has 1 saturated heterocycles. The number of nitrogens with one attached hydrogen (secondary N) is 2. The average Bonchev–Trinajstić information content (AvgIpc) is 2.99. The molecule has 2 N–H and O–H groups in total. The summed E-state index contributed by atoms with van der Waals surface area (Å²) in [6, 6.07) is 10.4. The molecule has 0 spiro atoms. The van der Waals surface area contributed by atoms with Gasteiger partial charge in [0, 0.05) is 43.8 Å². The third kappa shape index (κ3) is 4.96. The smallest absolute Gasteiger partial charge is 0.194 e. The number of benzene rings is 1. The van der Waals surface area contributed by atoms with E-state index in [0.717, 1.165) is 30.1 Å². The van der Waals surface area contributed by atoms with E-state index in [1.54, 1.807) is 13.8 Å². The van der Waals surface area contributed by atoms with E-state index in [-0.39, 0.29) is 29.7 Å². The Morgan fingerprint density at radius 2 is 2.07 bits per heavy atom. The van der Waals surface area contributed by atoms with Crippen LogP contribution in [-0.2, 0) is 16.3 Å². The Bertz CT molecular complexity index is 872. The third-order valence-electron chi connectivity index (χ3n) is 4.91. The monoisotopic (exact) mass is 504 g/mol. The molecule has 0 saturated carbocycles. The van der Waals surface area contributed by atoms with Gasteiger partial charge in [-0.2, -0.15) is 0 Å². The molecule has 150 valence electrons. The molecule has 1 fully saturated rings. The molecule has 0 amide bonds. The summed E-state index contributed by atoms with van der Waals surface area (Å²) >= 11 is 0. The fourth-order valence-corrected chi connectivity index (χ4v) is 4.67. The SMILES string of the molecule is CCNC(=NCCc1cc2ccccc2[nH]1)N1CCS(=O)(=O)C(C)(C)C1.I. The first-order valence-corrected chi connectivity index (χ1v) is 10.8. The first-order chi connectivity index (χ1) is 12.3. The summed E-state index contributed by atoms with van der Waals surface area (Å²) < 4.78 is 23.7. The van der Waals surface area contributed by atoms with Crippen molar-refractivity contribution in [2.75, 3.05) is 31.9 Å². The van der Waals surface area contributed by atoms with E-state index in [9.17, 15) is 8.42 Å². The van der Waals surface area contributed by atoms with Crippen molar-refractivity contribution in [3.63, 3.8) is 0 Å². The summed E-state index contributed by atoms with van der Waals surface area (Å²) in [6.07, 6.45) is 0.819. The number of rotatable bonds is 4. The number of aromatic amines is 1. The predicted molar refractivity (Wildman–Crippen MR) is 123 cm³/mol. The van der Waals surface area contributed by atoms with E-state index in [1.165, 1.54) is 5.39 Å². The van der Waals surface area contributed by atoms with Crippen molar-refractivity contribution < 1.29 is 8.42 Å². The van der Waals surface area contributed by atoms with Crippen LogP contribution >= 0.6 is 24.0 Å². The van der Waals surface area contributed by atoms with E-state index in [2.05, 4.69) is 33.4 Å². The molecule has 0 bridgehead atoms. The van der Waals surface area contributed by atoms with Crippen molar-refractivity contribution in [3.8, 4) is 0 Å². The van der Waals surface area contributed by atoms with Gasteiger partial charge >= 0.3 is 0 Å². The Morgan fingerprint density at radius 3 is 2.74 bits per heavy atom. The van der Waals surface area contributed by atoms with Crippen LogP contribution < -0.4 is 5.32 Å². The highest BCUT2D eigenvalue weighted by molar-refractivity contribution is 14.0. The second kappa shape index (κ2) is 8.81. The maximum absolute atomic E-state index is 12.2. The molecule has 0 aliphatic carbocycles. The topological polar surface area (TPSA) is 77.6 Å². The number of aliphatic imine (C=N–C) groups is 1. The molecule has 1 aliphatic heterocycles. The van der Waals surface area contributed by atoms with Crippen molar-refractivity contribution in [3.05, 3.63) is 36.0 Å². The highest BCUT2D eigenvalue weighted by Crippen LogP contribution is 2.23. The Labute approximate surface area is 178 Å². The summed E-state index contributed by atoms with van der Waals surface area (Å²) in [6.45, 7) is 7.98. The number of aromatic nitrogens is 1. The number of fused-ring (bicyclic) bond motifs is 1. The van der Waals surface area contributed by atoms with Gasteiger partial charge in [-0.25, -0.2) is 8.42 Å². The minimum absolute atomic E-state index is 0. The number of para-hydroxylation sites is 1. The van der Waals surface area contributed by atoms with Crippen LogP contribution in [-0.4, -0.2) is 60.9 Å². The predicted octanol–water partition coefficient (Wildman–Crippen LogP) is 2.80. The minimum Gasteiger partial charge on any atom is -0.358 e. The van der Waals surface area contributed by atoms with Gasteiger partial charge in [-0.1, -0.05) is 18.2 Å². The molecule has 3 rings (SSSR count). The number of guanidine groups is 1. The fourth-order valence-electron chi connectivity index (χ4n) is 3.30. The molecule has 1 aliphatic rings. The Kier molecular flexibility index (Phi) is 7.18. The van der Waals surface area contributed by atoms with Crippen molar-refractivity contribution >= 4 is 50.7 Å². The molecule has 2 heterocycles. The largest absolute Gasteiger partial charge is 0.358 e. The number of nitrogens with zero attached hydrogens (tertiary/aromatic N) is 2. The molecule has 0 atom stereocenters. The minimum atomic E-state index is -3.05. The van der Waals surface area contributed by atoms with Gasteiger partial charge in [-0.05, 0) is 38.3 Å². The molecule has 0 unspecified atom stereocenters. The van der Waals surface area contributed by atoms with E-state index < -0.39 is 14.6 Å². The highest BCUT2D eigenvalue weighted by atomic mass is 127. The zero-order valence-corrected chi connectivity index (χ0v) is 19.3. The second-order valence-corrected chi connectivity index (χ2v) is 10.1. The van der Waals surface area contributed by atoms with Crippen LogP contribution in [0.5, 0.6) is 0 Å². The molecular weight excluding hydrogens is 475 g/mol. The van der Waals surface area contributed by atoms with Gasteiger partial charge < -0.3 is 15.2 Å². The lowest BCUT2D eigenvalue weighted by Gasteiger charge is -2.39. The van der Waals surface area contributed by atoms with Gasteiger partial charge in [-0.15, -0.1) is 24.0 Å². The second-order valence-electron chi connectivity index (χ2n) is 7.37. The maximum atomic E-state index is 12.2. The number of hydrogen-bond acceptors (Lipinski definition) is 3. The molecular formula is C19H29IN4O2S. The van der Waals surface area contributed by atoms with Gasteiger partial charge in [0.1, 0.15) is 0 Å². The Hall–Kier alpha value is -1.29. The first-order valence-electron chi connectivity index (χ1n) is 9.14. The van der Waals surface area contributed by atoms with E-state index in [1.807, 2.05) is 19.1 Å². The Balaban J connectivity index is 0.00000261. The summed E-state index contributed by atoms with van der Waals surface area (Å²) in [5.41, 5.74) is 2.30. The molecule has 1 aromatic carbocycles. The van der Waals surface area contributed by atoms with Crippen LogP contribution in [0.4, 0.5) is 0 Å². The molecule has 2 aromatic rings. The van der Waals surface area contributed by atoms with E-state index in [0.29, 0.717) is 19.6 Å². The third-order valence-corrected chi connectivity index (χ3v) is 7.44. The quantitative estimate of drug-likeness (QED) is 0.382. The normalized spacial score (nSPS) is 18.9. The lowest BCUT2D eigenvalue weighted by molar-refractivity contribution is 0.353. The zero-order valence-electron chi connectivity index (χ0n) is 16.2. The van der Waals surface area contributed by atoms with Gasteiger partial charge in [0.15, 0.2) is 15.8 Å². The van der Waals surface area contributed by atoms with Gasteiger partial charge in [-0.3, -0.25) is 4.99 Å². The van der Waals surface area contributed by atoms with Gasteiger partial charge in [0.05, 0.1) is 10.5 Å². The van der Waals surface area contributed by atoms with Crippen LogP contribution in [0.1, 0.15) is 26.5 Å². The summed E-state index contributed by atoms with van der Waals surface area (Å²) in [4.78, 5) is 10.2. The zero-order chi connectivity index (χ0) is 18.8. The summed E-state index contributed by atoms with van der Waals surface area (Å²) in [5.74, 6) is 0.971. The lowest BCUT2D eigenvalue weighted by Crippen LogP contribution is -2.57. The van der Waals surface area contributed by atoms with Crippen molar-refractivity contribution in [1.82, 2.24) is 15.2 Å². The van der Waals surface area contributed by atoms with Crippen LogP contribution in [0.2, 0.25) is 0 Å². The first kappa shape index (κ1) is 22.0. The van der Waals surface area contributed by atoms with E-state index >= 15 is 0 Å². The van der Waals surface area contributed by atoms with E-state index in [4.69, 9.17) is 4.99 Å². The van der Waals surface area contributed by atoms with Crippen LogP contribution in [0.3, 0.4) is 0 Å². The molecule has 6 nitrogen and oxygen atoms in total. The molecule has 0 radical (unpaired) electrons. The van der Waals surface area contributed by atoms with Crippen LogP contribution in [0.15, 0.2) is 35.3 Å². The highest BCUT2D eigenvalue weighted by Gasteiger charge is 2.40. The molecule has 27 heavy (non-hydrogen) atoms. The number of halogens is 1. The average molecular weight is 504 g/mol. The maximum Gasteiger partial charge on any atom is 0.194 e. The molecule has 1 aromatic heterocycles. The van der Waals surface area contributed by atoms with Gasteiger partial charge in [0.2, 0.25) is 0 Å². The number of hydrogen-bond donors (Lipinski definition) is 2. The number of sulfone groups is 1. The van der Waals surface area contributed by atoms with Crippen LogP contribution in [0, 0.1) is 0 Å². The van der Waals surface area contributed by atoms with Crippen molar-refractivity contribution in [1.29, 1.82) is 0 Å². The summed E-state index contributed by atoms with van der Waals surface area (Å²) in [7, 11) is -3.05. The van der Waals surface area contributed by atoms with Crippen molar-refractivity contribution in [2.24, 2.45) is 4.99 Å². The lowest BCUT2D eigenvalue weighted by atomic mass is 10.2. The molecule has 8 heteroatoms. The Morgan fingerprint density at radius 1 is 1.33 bits per heavy atom. The fraction of sp³-hybridized carbons (Fsp3) is 0.526. The van der Waals surface area contributed by atoms with Gasteiger partial charge in [0.25, 0.3) is 0 Å².